The average Bonchev–Trinajstić information content (AvgIpc) is 2.51. The number of carbonyl (C=O) groups excluding carboxylic acids is 1. The van der Waals surface area contributed by atoms with Gasteiger partial charge in [0.2, 0.25) is 0 Å². The summed E-state index contributed by atoms with van der Waals surface area (Å²) in [5.41, 5.74) is -0.167. The standard InChI is InChI=1S/C14H19N3O5/c1-3-17(21,4-2)10-7-11-22-14(18)15-12-8-5-6-9-13(12)16(19)20/h5-10H,3-4,11H2,1-2H3,(H,15,18)/b10-7+. The molecule has 0 saturated carbocycles. The summed E-state index contributed by atoms with van der Waals surface area (Å²) in [6, 6.07) is 5.75. The molecule has 0 aliphatic rings. The molecule has 8 heteroatoms. The third kappa shape index (κ3) is 5.15. The maximum Gasteiger partial charge on any atom is 0.412 e. The summed E-state index contributed by atoms with van der Waals surface area (Å²) in [6.07, 6.45) is 2.05. The summed E-state index contributed by atoms with van der Waals surface area (Å²) < 4.78 is 4.35. The van der Waals surface area contributed by atoms with E-state index in [0.29, 0.717) is 13.1 Å². The number of carbonyl (C=O) groups is 1. The highest BCUT2D eigenvalue weighted by Crippen LogP contribution is 2.23. The van der Waals surface area contributed by atoms with E-state index in [-0.39, 0.29) is 18.0 Å². The van der Waals surface area contributed by atoms with Crippen LogP contribution in [0.2, 0.25) is 0 Å². The first-order valence-electron chi connectivity index (χ1n) is 6.84. The maximum absolute atomic E-state index is 11.9. The molecule has 0 saturated heterocycles. The zero-order valence-corrected chi connectivity index (χ0v) is 12.5. The largest absolute Gasteiger partial charge is 0.628 e. The lowest BCUT2D eigenvalue weighted by Gasteiger charge is -2.36. The molecule has 0 fully saturated rings. The van der Waals surface area contributed by atoms with E-state index in [2.05, 4.69) is 5.32 Å². The Kier molecular flexibility index (Phi) is 6.48. The summed E-state index contributed by atoms with van der Waals surface area (Å²) in [6.45, 7) is 4.21. The van der Waals surface area contributed by atoms with Crippen molar-refractivity contribution >= 4 is 17.5 Å². The lowest BCUT2D eigenvalue weighted by atomic mass is 10.3. The number of nitro groups is 1. The van der Waals surface area contributed by atoms with Gasteiger partial charge in [-0.1, -0.05) is 12.1 Å². The van der Waals surface area contributed by atoms with Gasteiger partial charge in [-0.3, -0.25) is 15.4 Å². The molecule has 1 amide bonds. The predicted molar refractivity (Wildman–Crippen MR) is 81.9 cm³/mol. The van der Waals surface area contributed by atoms with Crippen LogP contribution in [0, 0.1) is 15.3 Å². The second-order valence-electron chi connectivity index (χ2n) is 4.47. The minimum Gasteiger partial charge on any atom is -0.628 e. The Balaban J connectivity index is 2.55. The number of nitrogens with zero attached hydrogens (tertiary/aromatic N) is 2. The van der Waals surface area contributed by atoms with Crippen molar-refractivity contribution in [2.24, 2.45) is 0 Å². The second kappa shape index (κ2) is 8.11. The quantitative estimate of drug-likeness (QED) is 0.473. The van der Waals surface area contributed by atoms with Crippen LogP contribution in [-0.4, -0.2) is 35.4 Å². The normalized spacial score (nSPS) is 11.4. The molecule has 0 spiro atoms. The fraction of sp³-hybridized carbons (Fsp3) is 0.357. The van der Waals surface area contributed by atoms with Crippen LogP contribution in [0.3, 0.4) is 0 Å². The maximum atomic E-state index is 11.9. The van der Waals surface area contributed by atoms with Crippen molar-refractivity contribution in [2.75, 3.05) is 25.0 Å². The van der Waals surface area contributed by atoms with Gasteiger partial charge in [0.15, 0.2) is 0 Å². The number of anilines is 1. The van der Waals surface area contributed by atoms with Crippen LogP contribution in [-0.2, 0) is 4.74 Å². The van der Waals surface area contributed by atoms with Gasteiger partial charge in [-0.25, -0.2) is 4.79 Å². The zero-order chi connectivity index (χ0) is 16.6. The molecular weight excluding hydrogens is 290 g/mol. The first kappa shape index (κ1) is 17.6. The van der Waals surface area contributed by atoms with E-state index in [9.17, 15) is 20.1 Å². The van der Waals surface area contributed by atoms with Crippen LogP contribution >= 0.6 is 0 Å². The molecule has 1 aromatic rings. The van der Waals surface area contributed by atoms with Gasteiger partial charge < -0.3 is 14.6 Å². The molecule has 1 rings (SSSR count). The topological polar surface area (TPSA) is 105 Å². The van der Waals surface area contributed by atoms with Crippen molar-refractivity contribution in [3.63, 3.8) is 0 Å². The number of ether oxygens (including phenoxy) is 1. The van der Waals surface area contributed by atoms with Crippen molar-refractivity contribution in [3.8, 4) is 0 Å². The zero-order valence-electron chi connectivity index (χ0n) is 12.5. The van der Waals surface area contributed by atoms with Crippen molar-refractivity contribution < 1.29 is 19.1 Å². The van der Waals surface area contributed by atoms with Gasteiger partial charge in [0.1, 0.15) is 12.3 Å². The average molecular weight is 309 g/mol. The molecule has 0 aromatic heterocycles. The van der Waals surface area contributed by atoms with Crippen LogP contribution in [0.4, 0.5) is 16.2 Å². The molecule has 0 aliphatic heterocycles. The number of hydroxylamine groups is 3. The molecule has 0 atom stereocenters. The van der Waals surface area contributed by atoms with Gasteiger partial charge in [-0.15, -0.1) is 0 Å². The van der Waals surface area contributed by atoms with Gasteiger partial charge in [-0.05, 0) is 19.9 Å². The van der Waals surface area contributed by atoms with E-state index in [1.807, 2.05) is 0 Å². The van der Waals surface area contributed by atoms with Crippen LogP contribution in [0.15, 0.2) is 36.5 Å². The Morgan fingerprint density at radius 2 is 2.00 bits per heavy atom. The Morgan fingerprint density at radius 1 is 1.36 bits per heavy atom. The van der Waals surface area contributed by atoms with E-state index < -0.39 is 15.7 Å². The summed E-state index contributed by atoms with van der Waals surface area (Å²) in [5.74, 6) is 0. The van der Waals surface area contributed by atoms with Gasteiger partial charge in [0, 0.05) is 12.1 Å². The third-order valence-electron chi connectivity index (χ3n) is 3.10. The van der Waals surface area contributed by atoms with Crippen molar-refractivity contribution in [1.29, 1.82) is 0 Å². The number of amides is 1. The lowest BCUT2D eigenvalue weighted by Crippen LogP contribution is -2.35. The number of hydrogen-bond donors (Lipinski definition) is 1. The number of para-hydroxylation sites is 2. The van der Waals surface area contributed by atoms with E-state index in [4.69, 9.17) is 4.74 Å². The third-order valence-corrected chi connectivity index (χ3v) is 3.10. The molecule has 22 heavy (non-hydrogen) atoms. The molecule has 8 nitrogen and oxygen atoms in total. The Morgan fingerprint density at radius 3 is 2.59 bits per heavy atom. The first-order valence-corrected chi connectivity index (χ1v) is 6.84. The van der Waals surface area contributed by atoms with Crippen LogP contribution in [0.25, 0.3) is 0 Å². The van der Waals surface area contributed by atoms with Crippen molar-refractivity contribution in [1.82, 2.24) is 0 Å². The highest BCUT2D eigenvalue weighted by molar-refractivity contribution is 5.87. The Hall–Kier alpha value is -2.45. The molecule has 0 bridgehead atoms. The van der Waals surface area contributed by atoms with Gasteiger partial charge in [0.25, 0.3) is 5.69 Å². The van der Waals surface area contributed by atoms with E-state index in [1.54, 1.807) is 19.9 Å². The minimum atomic E-state index is -0.823. The molecular formula is C14H19N3O5. The monoisotopic (exact) mass is 309 g/mol. The Labute approximate surface area is 128 Å². The molecule has 1 N–H and O–H groups in total. The van der Waals surface area contributed by atoms with Crippen LogP contribution in [0.1, 0.15) is 13.8 Å². The van der Waals surface area contributed by atoms with E-state index >= 15 is 0 Å². The molecule has 0 aliphatic carbocycles. The number of rotatable bonds is 7. The van der Waals surface area contributed by atoms with Crippen molar-refractivity contribution in [3.05, 3.63) is 51.9 Å². The fourth-order valence-electron chi connectivity index (χ4n) is 1.68. The highest BCUT2D eigenvalue weighted by Gasteiger charge is 2.15. The highest BCUT2D eigenvalue weighted by atomic mass is 16.6. The molecule has 0 heterocycles. The number of nitrogens with one attached hydrogen (secondary N) is 1. The molecule has 0 radical (unpaired) electrons. The summed E-state index contributed by atoms with van der Waals surface area (Å²) in [5, 5.41) is 25.0. The van der Waals surface area contributed by atoms with Crippen molar-refractivity contribution in [2.45, 2.75) is 13.8 Å². The van der Waals surface area contributed by atoms with E-state index in [0.717, 1.165) is 0 Å². The van der Waals surface area contributed by atoms with Crippen LogP contribution < -0.4 is 5.32 Å². The molecule has 1 aromatic carbocycles. The predicted octanol–water partition coefficient (Wildman–Crippen LogP) is 3.01. The molecule has 0 unspecified atom stereocenters. The lowest BCUT2D eigenvalue weighted by molar-refractivity contribution is -0.825. The summed E-state index contributed by atoms with van der Waals surface area (Å²) in [7, 11) is 0. The Bertz CT molecular complexity index is 555. The number of quaternary nitrogens is 1. The van der Waals surface area contributed by atoms with Gasteiger partial charge in [0.05, 0.1) is 24.2 Å². The second-order valence-corrected chi connectivity index (χ2v) is 4.47. The number of benzene rings is 1. The smallest absolute Gasteiger partial charge is 0.412 e. The first-order chi connectivity index (χ1) is 10.4. The number of nitro benzene ring substituents is 1. The van der Waals surface area contributed by atoms with E-state index in [1.165, 1.54) is 30.5 Å². The van der Waals surface area contributed by atoms with Crippen LogP contribution in [0.5, 0.6) is 0 Å². The fourth-order valence-corrected chi connectivity index (χ4v) is 1.68. The summed E-state index contributed by atoms with van der Waals surface area (Å²) in [4.78, 5) is 21.8. The SMILES string of the molecule is CC[N+]([O-])(/C=C/COC(=O)Nc1ccccc1[N+](=O)[O-])CC. The molecule has 120 valence electrons. The summed E-state index contributed by atoms with van der Waals surface area (Å²) >= 11 is 0. The van der Waals surface area contributed by atoms with Gasteiger partial charge >= 0.3 is 6.09 Å². The van der Waals surface area contributed by atoms with Gasteiger partial charge in [-0.2, -0.15) is 0 Å². The minimum absolute atomic E-state index is 0.0533. The number of hydrogen-bond acceptors (Lipinski definition) is 5.